The Labute approximate surface area is 105 Å². The summed E-state index contributed by atoms with van der Waals surface area (Å²) in [7, 11) is 0. The van der Waals surface area contributed by atoms with E-state index in [1.165, 1.54) is 0 Å². The molecule has 2 atom stereocenters. The van der Waals surface area contributed by atoms with Crippen molar-refractivity contribution in [3.05, 3.63) is 0 Å². The molecule has 0 aliphatic rings. The normalized spacial score (nSPS) is 13.5. The van der Waals surface area contributed by atoms with Gasteiger partial charge in [-0.3, -0.25) is 9.59 Å². The highest BCUT2D eigenvalue weighted by Gasteiger charge is 2.22. The van der Waals surface area contributed by atoms with Crippen LogP contribution in [-0.4, -0.2) is 53.2 Å². The average Bonchev–Trinajstić information content (AvgIpc) is 2.32. The van der Waals surface area contributed by atoms with Gasteiger partial charge in [-0.15, -0.1) is 0 Å². The fourth-order valence-corrected chi connectivity index (χ4v) is 1.17. The maximum Gasteiger partial charge on any atom is 0.328 e. The second-order valence-electron chi connectivity index (χ2n) is 3.68. The van der Waals surface area contributed by atoms with Crippen molar-refractivity contribution in [1.29, 1.82) is 0 Å². The molecule has 0 aliphatic heterocycles. The van der Waals surface area contributed by atoms with Gasteiger partial charge in [-0.2, -0.15) is 0 Å². The van der Waals surface area contributed by atoms with Gasteiger partial charge < -0.3 is 26.6 Å². The third-order valence-corrected chi connectivity index (χ3v) is 2.19. The number of nitrogens with one attached hydrogen (secondary N) is 2. The first-order chi connectivity index (χ1) is 8.42. The first kappa shape index (κ1) is 16.3. The van der Waals surface area contributed by atoms with Crippen molar-refractivity contribution in [2.75, 3.05) is 13.2 Å². The number of carbonyl (C=O) groups is 3. The van der Waals surface area contributed by atoms with Crippen molar-refractivity contribution >= 4 is 17.8 Å². The molecule has 0 spiro atoms. The fourth-order valence-electron chi connectivity index (χ4n) is 1.17. The first-order valence-electron chi connectivity index (χ1n) is 5.58. The average molecular weight is 261 g/mol. The predicted molar refractivity (Wildman–Crippen MR) is 62.5 cm³/mol. The topological polar surface area (TPSA) is 142 Å². The van der Waals surface area contributed by atoms with Crippen LogP contribution in [0.3, 0.4) is 0 Å². The highest BCUT2D eigenvalue weighted by atomic mass is 16.4. The molecule has 2 amide bonds. The van der Waals surface area contributed by atoms with Gasteiger partial charge in [0, 0.05) is 13.0 Å². The lowest BCUT2D eigenvalue weighted by molar-refractivity contribution is -0.143. The summed E-state index contributed by atoms with van der Waals surface area (Å²) in [4.78, 5) is 33.1. The van der Waals surface area contributed by atoms with Crippen LogP contribution in [0.2, 0.25) is 0 Å². The molecular weight excluding hydrogens is 242 g/mol. The number of carboxylic acid groups (broad SMARTS) is 1. The van der Waals surface area contributed by atoms with Crippen LogP contribution in [0.5, 0.6) is 0 Å². The molecule has 104 valence electrons. The minimum absolute atomic E-state index is 0.0826. The third-order valence-electron chi connectivity index (χ3n) is 2.19. The molecule has 0 fully saturated rings. The molecule has 0 saturated heterocycles. The number of aliphatic hydroxyl groups excluding tert-OH is 1. The summed E-state index contributed by atoms with van der Waals surface area (Å²) in [5, 5.41) is 22.0. The maximum absolute atomic E-state index is 11.4. The van der Waals surface area contributed by atoms with Gasteiger partial charge in [0.25, 0.3) is 0 Å². The smallest absolute Gasteiger partial charge is 0.328 e. The van der Waals surface area contributed by atoms with Gasteiger partial charge in [-0.25, -0.2) is 4.79 Å². The summed E-state index contributed by atoms with van der Waals surface area (Å²) in [5.74, 6) is -2.28. The Bertz CT molecular complexity index is 308. The van der Waals surface area contributed by atoms with Crippen LogP contribution in [0.1, 0.15) is 19.8 Å². The molecule has 18 heavy (non-hydrogen) atoms. The van der Waals surface area contributed by atoms with Gasteiger partial charge in [0.1, 0.15) is 6.04 Å². The van der Waals surface area contributed by atoms with Gasteiger partial charge in [0.2, 0.25) is 11.8 Å². The van der Waals surface area contributed by atoms with Crippen molar-refractivity contribution in [2.24, 2.45) is 5.73 Å². The van der Waals surface area contributed by atoms with Crippen molar-refractivity contribution in [3.63, 3.8) is 0 Å². The standard InChI is InChI=1S/C10H19N3O5/c1-2-12-8(15)4-3-6(11)9(16)13-7(5-14)10(17)18/h6-7,14H,2-5,11H2,1H3,(H,12,15)(H,13,16)(H,17,18)/t6-,7-/m0/s1. The monoisotopic (exact) mass is 261 g/mol. The summed E-state index contributed by atoms with van der Waals surface area (Å²) >= 11 is 0. The van der Waals surface area contributed by atoms with Gasteiger partial charge in [-0.1, -0.05) is 0 Å². The number of amides is 2. The molecule has 0 heterocycles. The van der Waals surface area contributed by atoms with E-state index in [4.69, 9.17) is 15.9 Å². The number of aliphatic hydroxyl groups is 1. The van der Waals surface area contributed by atoms with Crippen molar-refractivity contribution in [1.82, 2.24) is 10.6 Å². The number of nitrogens with two attached hydrogens (primary N) is 1. The molecule has 0 aromatic heterocycles. The van der Waals surface area contributed by atoms with Crippen LogP contribution in [0.25, 0.3) is 0 Å². The van der Waals surface area contributed by atoms with E-state index in [1.54, 1.807) is 6.92 Å². The predicted octanol–water partition coefficient (Wildman–Crippen LogP) is -2.21. The van der Waals surface area contributed by atoms with Crippen LogP contribution in [0, 0.1) is 0 Å². The molecule has 0 aliphatic carbocycles. The van der Waals surface area contributed by atoms with E-state index in [2.05, 4.69) is 10.6 Å². The molecule has 0 aromatic rings. The number of hydrogen-bond donors (Lipinski definition) is 5. The molecular formula is C10H19N3O5. The number of carbonyl (C=O) groups excluding carboxylic acids is 2. The van der Waals surface area contributed by atoms with Crippen LogP contribution in [0.4, 0.5) is 0 Å². The zero-order valence-electron chi connectivity index (χ0n) is 10.2. The van der Waals surface area contributed by atoms with Crippen molar-refractivity contribution < 1.29 is 24.6 Å². The van der Waals surface area contributed by atoms with E-state index in [9.17, 15) is 14.4 Å². The molecule has 0 rings (SSSR count). The Hall–Kier alpha value is -1.67. The van der Waals surface area contributed by atoms with Crippen LogP contribution < -0.4 is 16.4 Å². The first-order valence-corrected chi connectivity index (χ1v) is 5.58. The summed E-state index contributed by atoms with van der Waals surface area (Å²) in [6.45, 7) is 1.54. The largest absolute Gasteiger partial charge is 0.480 e. The zero-order valence-corrected chi connectivity index (χ0v) is 10.2. The van der Waals surface area contributed by atoms with E-state index in [-0.39, 0.29) is 18.7 Å². The Kier molecular flexibility index (Phi) is 7.64. The van der Waals surface area contributed by atoms with Gasteiger partial charge in [-0.05, 0) is 13.3 Å². The number of hydrogen-bond acceptors (Lipinski definition) is 5. The quantitative estimate of drug-likeness (QED) is 0.335. The number of carboxylic acids is 1. The summed E-state index contributed by atoms with van der Waals surface area (Å²) in [6, 6.07) is -2.37. The maximum atomic E-state index is 11.4. The lowest BCUT2D eigenvalue weighted by atomic mass is 10.1. The molecule has 0 aromatic carbocycles. The summed E-state index contributed by atoms with van der Waals surface area (Å²) < 4.78 is 0. The van der Waals surface area contributed by atoms with E-state index >= 15 is 0 Å². The molecule has 6 N–H and O–H groups in total. The zero-order chi connectivity index (χ0) is 14.1. The fraction of sp³-hybridized carbons (Fsp3) is 0.700. The van der Waals surface area contributed by atoms with Crippen LogP contribution in [-0.2, 0) is 14.4 Å². The van der Waals surface area contributed by atoms with E-state index in [1.807, 2.05) is 0 Å². The molecule has 0 unspecified atom stereocenters. The van der Waals surface area contributed by atoms with E-state index in [0.29, 0.717) is 6.54 Å². The second kappa shape index (κ2) is 8.43. The summed E-state index contributed by atoms with van der Waals surface area (Å²) in [5.41, 5.74) is 5.50. The molecule has 8 nitrogen and oxygen atoms in total. The van der Waals surface area contributed by atoms with Gasteiger partial charge in [0.05, 0.1) is 12.6 Å². The lowest BCUT2D eigenvalue weighted by Gasteiger charge is -2.15. The molecule has 0 radical (unpaired) electrons. The van der Waals surface area contributed by atoms with Crippen LogP contribution in [0.15, 0.2) is 0 Å². The second-order valence-corrected chi connectivity index (χ2v) is 3.68. The third kappa shape index (κ3) is 6.16. The molecule has 0 saturated carbocycles. The van der Waals surface area contributed by atoms with Crippen LogP contribution >= 0.6 is 0 Å². The Balaban J connectivity index is 4.10. The van der Waals surface area contributed by atoms with Crippen molar-refractivity contribution in [3.8, 4) is 0 Å². The Morgan fingerprint density at radius 3 is 2.39 bits per heavy atom. The highest BCUT2D eigenvalue weighted by Crippen LogP contribution is 1.96. The Morgan fingerprint density at radius 2 is 1.94 bits per heavy atom. The minimum atomic E-state index is -1.38. The number of aliphatic carboxylic acids is 1. The van der Waals surface area contributed by atoms with Crippen molar-refractivity contribution in [2.45, 2.75) is 31.8 Å². The van der Waals surface area contributed by atoms with E-state index in [0.717, 1.165) is 0 Å². The van der Waals surface area contributed by atoms with E-state index < -0.39 is 30.6 Å². The highest BCUT2D eigenvalue weighted by molar-refractivity contribution is 5.87. The van der Waals surface area contributed by atoms with Gasteiger partial charge >= 0.3 is 5.97 Å². The summed E-state index contributed by atoms with van der Waals surface area (Å²) in [6.07, 6.45) is 0.189. The SMILES string of the molecule is CCNC(=O)CC[C@H](N)C(=O)N[C@@H](CO)C(=O)O. The Morgan fingerprint density at radius 1 is 1.33 bits per heavy atom. The minimum Gasteiger partial charge on any atom is -0.480 e. The molecule has 0 bridgehead atoms. The van der Waals surface area contributed by atoms with Gasteiger partial charge in [0.15, 0.2) is 0 Å². The molecule has 8 heteroatoms. The number of rotatable bonds is 8. The lowest BCUT2D eigenvalue weighted by Crippen LogP contribution is -2.50.